The lowest BCUT2D eigenvalue weighted by molar-refractivity contribution is 0.0946. The van der Waals surface area contributed by atoms with E-state index in [1.54, 1.807) is 0 Å². The summed E-state index contributed by atoms with van der Waals surface area (Å²) in [6.45, 7) is 7.08. The van der Waals surface area contributed by atoms with Crippen molar-refractivity contribution >= 4 is 18.1 Å². The fraction of sp³-hybridized carbons (Fsp3) is 0.217. The first-order valence-electron chi connectivity index (χ1n) is 9.24. The van der Waals surface area contributed by atoms with E-state index in [0.29, 0.717) is 6.54 Å². The van der Waals surface area contributed by atoms with Crippen LogP contribution in [0.15, 0.2) is 36.5 Å². The lowest BCUT2D eigenvalue weighted by Gasteiger charge is -2.10. The molecular formula is C23H23N3O. The molecule has 4 rings (SSSR count). The predicted molar refractivity (Wildman–Crippen MR) is 110 cm³/mol. The highest BCUT2D eigenvalue weighted by molar-refractivity contribution is 5.97. The number of hydrogen-bond acceptors (Lipinski definition) is 2. The van der Waals surface area contributed by atoms with Crippen molar-refractivity contribution < 1.29 is 4.79 Å². The Balaban J connectivity index is 1.64. The molecule has 0 radical (unpaired) electrons. The van der Waals surface area contributed by atoms with Crippen molar-refractivity contribution in [2.45, 2.75) is 27.2 Å². The number of amides is 1. The van der Waals surface area contributed by atoms with Gasteiger partial charge in [-0.25, -0.2) is 0 Å². The van der Waals surface area contributed by atoms with Gasteiger partial charge in [0.2, 0.25) is 0 Å². The van der Waals surface area contributed by atoms with Gasteiger partial charge in [0, 0.05) is 36.1 Å². The molecule has 0 saturated carbocycles. The van der Waals surface area contributed by atoms with Crippen LogP contribution in [0.3, 0.4) is 0 Å². The van der Waals surface area contributed by atoms with Crippen LogP contribution in [-0.2, 0) is 6.42 Å². The van der Waals surface area contributed by atoms with Gasteiger partial charge >= 0.3 is 0 Å². The van der Waals surface area contributed by atoms with Crippen LogP contribution in [0.1, 0.15) is 44.0 Å². The molecule has 0 bridgehead atoms. The summed E-state index contributed by atoms with van der Waals surface area (Å²) in [7, 11) is 0. The lowest BCUT2D eigenvalue weighted by Crippen LogP contribution is -2.31. The van der Waals surface area contributed by atoms with Gasteiger partial charge in [-0.05, 0) is 67.3 Å². The van der Waals surface area contributed by atoms with E-state index < -0.39 is 0 Å². The highest BCUT2D eigenvalue weighted by Crippen LogP contribution is 2.25. The van der Waals surface area contributed by atoms with E-state index in [1.165, 1.54) is 22.3 Å². The minimum absolute atomic E-state index is 0.00172. The van der Waals surface area contributed by atoms with Gasteiger partial charge in [0.1, 0.15) is 0 Å². The largest absolute Gasteiger partial charge is 0.358 e. The molecular weight excluding hydrogens is 334 g/mol. The summed E-state index contributed by atoms with van der Waals surface area (Å²) >= 11 is 0. The third kappa shape index (κ3) is 3.43. The van der Waals surface area contributed by atoms with Crippen LogP contribution < -0.4 is 5.32 Å². The third-order valence-corrected chi connectivity index (χ3v) is 5.21. The fourth-order valence-electron chi connectivity index (χ4n) is 3.49. The first-order chi connectivity index (χ1) is 13.0. The quantitative estimate of drug-likeness (QED) is 0.727. The van der Waals surface area contributed by atoms with Gasteiger partial charge in [0.25, 0.3) is 5.91 Å². The monoisotopic (exact) mass is 357 g/mol. The number of aromatic amines is 1. The Morgan fingerprint density at radius 1 is 1.00 bits per heavy atom. The summed E-state index contributed by atoms with van der Waals surface area (Å²) in [5, 5.41) is 2.88. The number of carbonyl (C=O) groups excluding carboxylic acids is 1. The number of aromatic nitrogens is 2. The van der Waals surface area contributed by atoms with Crippen LogP contribution in [0.25, 0.3) is 23.4 Å². The van der Waals surface area contributed by atoms with Gasteiger partial charge in [-0.3, -0.25) is 9.78 Å². The molecule has 1 aliphatic heterocycles. The molecule has 0 atom stereocenters. The van der Waals surface area contributed by atoms with E-state index >= 15 is 0 Å². The first kappa shape index (κ1) is 17.3. The summed E-state index contributed by atoms with van der Waals surface area (Å²) < 4.78 is 0. The molecule has 3 aromatic rings. The average molecular weight is 357 g/mol. The van der Waals surface area contributed by atoms with Crippen LogP contribution >= 0.6 is 0 Å². The number of benzene rings is 1. The van der Waals surface area contributed by atoms with E-state index in [2.05, 4.69) is 54.3 Å². The number of nitrogens with zero attached hydrogens (tertiary/aromatic N) is 1. The van der Waals surface area contributed by atoms with Crippen molar-refractivity contribution in [1.29, 1.82) is 0 Å². The Kier molecular flexibility index (Phi) is 4.40. The van der Waals surface area contributed by atoms with Crippen LogP contribution in [0.4, 0.5) is 0 Å². The molecule has 0 aliphatic carbocycles. The Hall–Kier alpha value is -3.14. The molecule has 2 N–H and O–H groups in total. The van der Waals surface area contributed by atoms with Gasteiger partial charge in [-0.2, -0.15) is 0 Å². The maximum Gasteiger partial charge on any atom is 0.253 e. The minimum atomic E-state index is -0.00172. The predicted octanol–water partition coefficient (Wildman–Crippen LogP) is 4.46. The van der Waals surface area contributed by atoms with Gasteiger partial charge in [0.15, 0.2) is 0 Å². The van der Waals surface area contributed by atoms with Crippen molar-refractivity contribution in [3.05, 3.63) is 75.7 Å². The molecule has 1 aromatic carbocycles. The Labute approximate surface area is 159 Å². The van der Waals surface area contributed by atoms with Gasteiger partial charge in [0.05, 0.1) is 11.3 Å². The van der Waals surface area contributed by atoms with Crippen LogP contribution in [0, 0.1) is 20.8 Å². The third-order valence-electron chi connectivity index (χ3n) is 5.21. The smallest absolute Gasteiger partial charge is 0.253 e. The highest BCUT2D eigenvalue weighted by Gasteiger charge is 2.19. The summed E-state index contributed by atoms with van der Waals surface area (Å²) in [6.07, 6.45) is 6.80. The number of H-pyrrole nitrogens is 1. The van der Waals surface area contributed by atoms with Gasteiger partial charge in [-0.15, -0.1) is 0 Å². The van der Waals surface area contributed by atoms with Crippen LogP contribution in [0.2, 0.25) is 0 Å². The maximum atomic E-state index is 12.0. The average Bonchev–Trinajstić information content (AvgIpc) is 3.10. The number of hydrogen-bond donors (Lipinski definition) is 2. The van der Waals surface area contributed by atoms with E-state index in [-0.39, 0.29) is 5.91 Å². The number of fused-ring (bicyclic) bond motifs is 1. The minimum Gasteiger partial charge on any atom is -0.358 e. The van der Waals surface area contributed by atoms with Crippen molar-refractivity contribution in [2.24, 2.45) is 0 Å². The number of aryl methyl sites for hydroxylation is 3. The molecule has 4 nitrogen and oxygen atoms in total. The summed E-state index contributed by atoms with van der Waals surface area (Å²) in [6, 6.07) is 10.4. The molecule has 136 valence electrons. The summed E-state index contributed by atoms with van der Waals surface area (Å²) in [5.74, 6) is -0.00172. The van der Waals surface area contributed by atoms with Crippen LogP contribution in [0.5, 0.6) is 0 Å². The fourth-order valence-corrected chi connectivity index (χ4v) is 3.49. The Morgan fingerprint density at radius 2 is 1.81 bits per heavy atom. The normalized spacial score (nSPS) is 13.7. The zero-order chi connectivity index (χ0) is 19.0. The second-order valence-corrected chi connectivity index (χ2v) is 7.18. The lowest BCUT2D eigenvalue weighted by atomic mass is 10.0. The maximum absolute atomic E-state index is 12.0. The molecule has 1 amide bonds. The Morgan fingerprint density at radius 3 is 2.63 bits per heavy atom. The molecule has 0 fully saturated rings. The summed E-state index contributed by atoms with van der Waals surface area (Å²) in [5.41, 5.74) is 9.69. The SMILES string of the molecule is Cc1cc(C)c(/C=C\c2cc(-c3cc4c([nH]3)CCNC4=O)ccn2)cc1C. The standard InChI is InChI=1S/C23H23N3O/c1-14-10-16(3)17(11-15(14)2)4-5-19-12-18(6-8-24-19)22-13-20-21(26-22)7-9-25-23(20)27/h4-6,8,10-13,26H,7,9H2,1-3H3,(H,25,27)/b5-4-. The second kappa shape index (κ2) is 6.88. The molecule has 0 saturated heterocycles. The molecule has 1 aliphatic rings. The molecule has 0 unspecified atom stereocenters. The molecule has 3 heterocycles. The van der Waals surface area contributed by atoms with Crippen molar-refractivity contribution in [1.82, 2.24) is 15.3 Å². The molecule has 4 heteroatoms. The topological polar surface area (TPSA) is 57.8 Å². The van der Waals surface area contributed by atoms with Crippen LogP contribution in [-0.4, -0.2) is 22.4 Å². The number of rotatable bonds is 3. The van der Waals surface area contributed by atoms with Crippen molar-refractivity contribution in [3.63, 3.8) is 0 Å². The van der Waals surface area contributed by atoms with E-state index in [4.69, 9.17) is 0 Å². The Bertz CT molecular complexity index is 1060. The molecule has 2 aromatic heterocycles. The van der Waals surface area contributed by atoms with Gasteiger partial charge in [-0.1, -0.05) is 18.2 Å². The van der Waals surface area contributed by atoms with E-state index in [1.807, 2.05) is 30.5 Å². The van der Waals surface area contributed by atoms with Crippen molar-refractivity contribution in [3.8, 4) is 11.3 Å². The van der Waals surface area contributed by atoms with Gasteiger partial charge < -0.3 is 10.3 Å². The number of nitrogens with one attached hydrogen (secondary N) is 2. The second-order valence-electron chi connectivity index (χ2n) is 7.18. The van der Waals surface area contributed by atoms with E-state index in [0.717, 1.165) is 34.6 Å². The van der Waals surface area contributed by atoms with Crippen molar-refractivity contribution in [2.75, 3.05) is 6.54 Å². The number of pyridine rings is 1. The zero-order valence-corrected chi connectivity index (χ0v) is 15.9. The summed E-state index contributed by atoms with van der Waals surface area (Å²) in [4.78, 5) is 19.8. The molecule has 0 spiro atoms. The number of carbonyl (C=O) groups is 1. The van der Waals surface area contributed by atoms with E-state index in [9.17, 15) is 4.79 Å². The molecule has 27 heavy (non-hydrogen) atoms. The highest BCUT2D eigenvalue weighted by atomic mass is 16.1. The zero-order valence-electron chi connectivity index (χ0n) is 15.9. The first-order valence-corrected chi connectivity index (χ1v) is 9.24.